The predicted molar refractivity (Wildman–Crippen MR) is 61.6 cm³/mol. The SMILES string of the molecule is NC(=S)CCCCNC(=O)c1cn[nH]c1. The molecule has 0 radical (unpaired) electrons. The van der Waals surface area contributed by atoms with Crippen LogP contribution in [0.4, 0.5) is 0 Å². The Morgan fingerprint density at radius 1 is 1.60 bits per heavy atom. The van der Waals surface area contributed by atoms with Crippen LogP contribution in [0.2, 0.25) is 0 Å². The molecule has 6 heteroatoms. The molecule has 1 aromatic heterocycles. The second-order valence-corrected chi connectivity index (χ2v) is 3.69. The first-order chi connectivity index (χ1) is 7.20. The molecule has 0 aliphatic heterocycles. The third-order valence-corrected chi connectivity index (χ3v) is 2.10. The first-order valence-corrected chi connectivity index (χ1v) is 5.16. The topological polar surface area (TPSA) is 83.8 Å². The fourth-order valence-corrected chi connectivity index (χ4v) is 1.25. The van der Waals surface area contributed by atoms with E-state index in [9.17, 15) is 4.79 Å². The molecule has 0 aromatic carbocycles. The number of aromatic nitrogens is 2. The summed E-state index contributed by atoms with van der Waals surface area (Å²) in [6, 6.07) is 0. The average molecular weight is 226 g/mol. The van der Waals surface area contributed by atoms with E-state index in [1.165, 1.54) is 6.20 Å². The van der Waals surface area contributed by atoms with Crippen LogP contribution < -0.4 is 11.1 Å². The predicted octanol–water partition coefficient (Wildman–Crippen LogP) is 0.596. The summed E-state index contributed by atoms with van der Waals surface area (Å²) in [5, 5.41) is 9.05. The van der Waals surface area contributed by atoms with Gasteiger partial charge in [0.15, 0.2) is 0 Å². The van der Waals surface area contributed by atoms with E-state index in [1.807, 2.05) is 0 Å². The van der Waals surface area contributed by atoms with E-state index >= 15 is 0 Å². The van der Waals surface area contributed by atoms with Crippen LogP contribution in [0.25, 0.3) is 0 Å². The molecule has 82 valence electrons. The van der Waals surface area contributed by atoms with Gasteiger partial charge in [-0.25, -0.2) is 0 Å². The summed E-state index contributed by atoms with van der Waals surface area (Å²) < 4.78 is 0. The highest BCUT2D eigenvalue weighted by molar-refractivity contribution is 7.80. The lowest BCUT2D eigenvalue weighted by Gasteiger charge is -2.02. The number of carbonyl (C=O) groups excluding carboxylic acids is 1. The van der Waals surface area contributed by atoms with Crippen molar-refractivity contribution in [2.75, 3.05) is 6.54 Å². The average Bonchev–Trinajstić information content (AvgIpc) is 2.69. The second kappa shape index (κ2) is 6.13. The van der Waals surface area contributed by atoms with Gasteiger partial charge in [-0.3, -0.25) is 9.89 Å². The number of thiocarbonyl (C=S) groups is 1. The zero-order valence-corrected chi connectivity index (χ0v) is 9.14. The Morgan fingerprint density at radius 3 is 3.00 bits per heavy atom. The van der Waals surface area contributed by atoms with Crippen molar-refractivity contribution in [2.45, 2.75) is 19.3 Å². The molecular formula is C9H14N4OS. The van der Waals surface area contributed by atoms with Crippen molar-refractivity contribution in [2.24, 2.45) is 5.73 Å². The Balaban J connectivity index is 2.10. The highest BCUT2D eigenvalue weighted by Crippen LogP contribution is 1.96. The zero-order valence-electron chi connectivity index (χ0n) is 8.32. The van der Waals surface area contributed by atoms with Crippen LogP contribution in [0.1, 0.15) is 29.6 Å². The summed E-state index contributed by atoms with van der Waals surface area (Å²) in [5.74, 6) is -0.112. The lowest BCUT2D eigenvalue weighted by Crippen LogP contribution is -2.24. The van der Waals surface area contributed by atoms with E-state index in [2.05, 4.69) is 15.5 Å². The van der Waals surface area contributed by atoms with Crippen LogP contribution in [0.15, 0.2) is 12.4 Å². The number of amides is 1. The molecule has 0 saturated heterocycles. The molecule has 0 fully saturated rings. The van der Waals surface area contributed by atoms with Gasteiger partial charge in [0, 0.05) is 12.7 Å². The van der Waals surface area contributed by atoms with Crippen molar-refractivity contribution in [3.8, 4) is 0 Å². The van der Waals surface area contributed by atoms with Gasteiger partial charge in [-0.05, 0) is 19.3 Å². The van der Waals surface area contributed by atoms with Crippen molar-refractivity contribution in [3.63, 3.8) is 0 Å². The van der Waals surface area contributed by atoms with E-state index in [1.54, 1.807) is 6.20 Å². The molecule has 1 rings (SSSR count). The Kier molecular flexibility index (Phi) is 4.76. The molecule has 0 unspecified atom stereocenters. The molecule has 0 spiro atoms. The Labute approximate surface area is 93.4 Å². The molecule has 1 heterocycles. The van der Waals surface area contributed by atoms with Gasteiger partial charge in [0.05, 0.1) is 16.7 Å². The molecule has 1 amide bonds. The molecular weight excluding hydrogens is 212 g/mol. The molecule has 0 saturated carbocycles. The first kappa shape index (κ1) is 11.6. The van der Waals surface area contributed by atoms with Crippen LogP contribution >= 0.6 is 12.2 Å². The van der Waals surface area contributed by atoms with E-state index in [-0.39, 0.29) is 5.91 Å². The molecule has 0 bridgehead atoms. The van der Waals surface area contributed by atoms with E-state index < -0.39 is 0 Å². The number of nitrogens with one attached hydrogen (secondary N) is 2. The first-order valence-electron chi connectivity index (χ1n) is 4.75. The summed E-state index contributed by atoms with van der Waals surface area (Å²) in [4.78, 5) is 11.9. The molecule has 1 aromatic rings. The van der Waals surface area contributed by atoms with Gasteiger partial charge in [0.1, 0.15) is 0 Å². The van der Waals surface area contributed by atoms with Gasteiger partial charge < -0.3 is 11.1 Å². The smallest absolute Gasteiger partial charge is 0.254 e. The van der Waals surface area contributed by atoms with Crippen LogP contribution in [-0.4, -0.2) is 27.6 Å². The number of hydrogen-bond acceptors (Lipinski definition) is 3. The van der Waals surface area contributed by atoms with Crippen molar-refractivity contribution in [1.82, 2.24) is 15.5 Å². The standard InChI is InChI=1S/C9H14N4OS/c10-8(15)3-1-2-4-11-9(14)7-5-12-13-6-7/h5-6H,1-4H2,(H2,10,15)(H,11,14)(H,12,13). The Hall–Kier alpha value is -1.43. The number of nitrogens with two attached hydrogens (primary N) is 1. The zero-order chi connectivity index (χ0) is 11.1. The third kappa shape index (κ3) is 4.55. The molecule has 5 nitrogen and oxygen atoms in total. The number of nitrogens with zero attached hydrogens (tertiary/aromatic N) is 1. The van der Waals surface area contributed by atoms with Crippen molar-refractivity contribution in [1.29, 1.82) is 0 Å². The lowest BCUT2D eigenvalue weighted by molar-refractivity contribution is 0.0953. The van der Waals surface area contributed by atoms with E-state index in [0.717, 1.165) is 19.3 Å². The van der Waals surface area contributed by atoms with Crippen molar-refractivity contribution < 1.29 is 4.79 Å². The summed E-state index contributed by atoms with van der Waals surface area (Å²) in [6.07, 6.45) is 5.56. The molecule has 0 atom stereocenters. The molecule has 0 aliphatic rings. The van der Waals surface area contributed by atoms with Crippen LogP contribution in [0, 0.1) is 0 Å². The number of carbonyl (C=O) groups is 1. The lowest BCUT2D eigenvalue weighted by atomic mass is 10.2. The van der Waals surface area contributed by atoms with Crippen LogP contribution in [0.3, 0.4) is 0 Å². The van der Waals surface area contributed by atoms with Gasteiger partial charge >= 0.3 is 0 Å². The maximum atomic E-state index is 11.4. The summed E-state index contributed by atoms with van der Waals surface area (Å²) >= 11 is 4.74. The largest absolute Gasteiger partial charge is 0.393 e. The van der Waals surface area contributed by atoms with Gasteiger partial charge in [-0.15, -0.1) is 0 Å². The van der Waals surface area contributed by atoms with Gasteiger partial charge in [0.2, 0.25) is 0 Å². The number of rotatable bonds is 6. The van der Waals surface area contributed by atoms with Crippen LogP contribution in [0.5, 0.6) is 0 Å². The quantitative estimate of drug-likeness (QED) is 0.490. The summed E-state index contributed by atoms with van der Waals surface area (Å²) in [5.41, 5.74) is 5.89. The normalized spacial score (nSPS) is 9.87. The van der Waals surface area contributed by atoms with E-state index in [0.29, 0.717) is 17.1 Å². The third-order valence-electron chi connectivity index (χ3n) is 1.90. The maximum Gasteiger partial charge on any atom is 0.254 e. The van der Waals surface area contributed by atoms with Gasteiger partial charge in [-0.1, -0.05) is 12.2 Å². The minimum atomic E-state index is -0.112. The summed E-state index contributed by atoms with van der Waals surface area (Å²) in [7, 11) is 0. The minimum Gasteiger partial charge on any atom is -0.393 e. The number of unbranched alkanes of at least 4 members (excludes halogenated alkanes) is 1. The van der Waals surface area contributed by atoms with Gasteiger partial charge in [0.25, 0.3) is 5.91 Å². The van der Waals surface area contributed by atoms with E-state index in [4.69, 9.17) is 18.0 Å². The Bertz CT molecular complexity index is 323. The van der Waals surface area contributed by atoms with Gasteiger partial charge in [-0.2, -0.15) is 5.10 Å². The highest BCUT2D eigenvalue weighted by Gasteiger charge is 2.04. The van der Waals surface area contributed by atoms with Crippen molar-refractivity contribution in [3.05, 3.63) is 18.0 Å². The fourth-order valence-electron chi connectivity index (χ4n) is 1.10. The maximum absolute atomic E-state index is 11.4. The molecule has 4 N–H and O–H groups in total. The monoisotopic (exact) mass is 226 g/mol. The molecule has 15 heavy (non-hydrogen) atoms. The highest BCUT2D eigenvalue weighted by atomic mass is 32.1. The Morgan fingerprint density at radius 2 is 2.40 bits per heavy atom. The molecule has 0 aliphatic carbocycles. The number of aromatic amines is 1. The second-order valence-electron chi connectivity index (χ2n) is 3.17. The number of hydrogen-bond donors (Lipinski definition) is 3. The van der Waals surface area contributed by atoms with Crippen molar-refractivity contribution >= 4 is 23.1 Å². The van der Waals surface area contributed by atoms with Crippen LogP contribution in [-0.2, 0) is 0 Å². The summed E-state index contributed by atoms with van der Waals surface area (Å²) in [6.45, 7) is 0.632. The minimum absolute atomic E-state index is 0.112. The fraction of sp³-hybridized carbons (Fsp3) is 0.444. The number of H-pyrrole nitrogens is 1.